The van der Waals surface area contributed by atoms with Gasteiger partial charge in [-0.25, -0.2) is 4.79 Å². The van der Waals surface area contributed by atoms with E-state index in [1.807, 2.05) is 0 Å². The molecule has 5 nitrogen and oxygen atoms in total. The molecule has 1 heterocycles. The van der Waals surface area contributed by atoms with Crippen LogP contribution in [0.25, 0.3) is 0 Å². The van der Waals surface area contributed by atoms with Crippen molar-refractivity contribution in [2.75, 3.05) is 18.4 Å². The third kappa shape index (κ3) is 3.90. The number of piperidine rings is 1. The van der Waals surface area contributed by atoms with Crippen LogP contribution in [-0.2, 0) is 11.0 Å². The molecule has 0 radical (unpaired) electrons. The Morgan fingerprint density at radius 1 is 1.32 bits per heavy atom. The van der Waals surface area contributed by atoms with Crippen LogP contribution >= 0.6 is 0 Å². The number of rotatable bonds is 2. The summed E-state index contributed by atoms with van der Waals surface area (Å²) in [6, 6.07) is 3.72. The van der Waals surface area contributed by atoms with E-state index in [0.29, 0.717) is 19.4 Å². The summed E-state index contributed by atoms with van der Waals surface area (Å²) < 4.78 is 37.8. The first-order chi connectivity index (χ1) is 10.3. The number of halogens is 3. The van der Waals surface area contributed by atoms with Crippen LogP contribution in [0.2, 0.25) is 0 Å². The number of nitrogens with zero attached hydrogens (tertiary/aromatic N) is 1. The standard InChI is InChI=1S/C14H15F3N2O3/c15-14(16,17)10-4-1-5-11(7-10)18-13(22)19-6-2-3-9(8-19)12(20)21/h1,4-5,7,9H,2-3,6,8H2,(H,18,22)(H,20,21). The average molecular weight is 316 g/mol. The van der Waals surface area contributed by atoms with E-state index < -0.39 is 29.7 Å². The van der Waals surface area contributed by atoms with Crippen molar-refractivity contribution in [1.29, 1.82) is 0 Å². The van der Waals surface area contributed by atoms with Gasteiger partial charge in [-0.15, -0.1) is 0 Å². The molecular formula is C14H15F3N2O3. The van der Waals surface area contributed by atoms with E-state index in [-0.39, 0.29) is 12.2 Å². The Morgan fingerprint density at radius 3 is 2.68 bits per heavy atom. The molecule has 1 aliphatic rings. The van der Waals surface area contributed by atoms with E-state index in [4.69, 9.17) is 5.11 Å². The number of alkyl halides is 3. The minimum atomic E-state index is -4.49. The van der Waals surface area contributed by atoms with Gasteiger partial charge in [0.25, 0.3) is 0 Å². The number of likely N-dealkylation sites (tertiary alicyclic amines) is 1. The summed E-state index contributed by atoms with van der Waals surface area (Å²) in [5.74, 6) is -1.61. The first kappa shape index (κ1) is 16.1. The van der Waals surface area contributed by atoms with E-state index in [2.05, 4.69) is 5.32 Å². The van der Waals surface area contributed by atoms with Gasteiger partial charge in [-0.05, 0) is 31.0 Å². The third-order valence-corrected chi connectivity index (χ3v) is 3.50. The van der Waals surface area contributed by atoms with Gasteiger partial charge in [0.1, 0.15) is 0 Å². The predicted octanol–water partition coefficient (Wildman–Crippen LogP) is 3.03. The van der Waals surface area contributed by atoms with E-state index in [1.165, 1.54) is 17.0 Å². The zero-order valence-electron chi connectivity index (χ0n) is 11.6. The van der Waals surface area contributed by atoms with Gasteiger partial charge in [0.05, 0.1) is 11.5 Å². The fourth-order valence-electron chi connectivity index (χ4n) is 2.34. The Morgan fingerprint density at radius 2 is 2.05 bits per heavy atom. The van der Waals surface area contributed by atoms with Crippen molar-refractivity contribution >= 4 is 17.7 Å². The van der Waals surface area contributed by atoms with Crippen LogP contribution in [0.15, 0.2) is 24.3 Å². The van der Waals surface area contributed by atoms with E-state index in [1.54, 1.807) is 0 Å². The monoisotopic (exact) mass is 316 g/mol. The molecule has 8 heteroatoms. The topological polar surface area (TPSA) is 69.6 Å². The molecule has 2 amide bonds. The molecule has 1 atom stereocenters. The number of hydrogen-bond donors (Lipinski definition) is 2. The fraction of sp³-hybridized carbons (Fsp3) is 0.429. The number of carboxylic acids is 1. The highest BCUT2D eigenvalue weighted by Crippen LogP contribution is 2.30. The van der Waals surface area contributed by atoms with Crippen LogP contribution in [-0.4, -0.2) is 35.1 Å². The Hall–Kier alpha value is -2.25. The van der Waals surface area contributed by atoms with Gasteiger partial charge in [-0.3, -0.25) is 4.79 Å². The van der Waals surface area contributed by atoms with Gasteiger partial charge in [0.2, 0.25) is 0 Å². The number of benzene rings is 1. The minimum Gasteiger partial charge on any atom is -0.481 e. The van der Waals surface area contributed by atoms with Gasteiger partial charge < -0.3 is 15.3 Å². The van der Waals surface area contributed by atoms with Gasteiger partial charge in [-0.2, -0.15) is 13.2 Å². The third-order valence-electron chi connectivity index (χ3n) is 3.50. The molecule has 0 spiro atoms. The normalized spacial score (nSPS) is 18.9. The molecule has 1 saturated heterocycles. The molecule has 0 aliphatic carbocycles. The van der Waals surface area contributed by atoms with Gasteiger partial charge >= 0.3 is 18.2 Å². The number of anilines is 1. The van der Waals surface area contributed by atoms with Gasteiger partial charge in [0.15, 0.2) is 0 Å². The largest absolute Gasteiger partial charge is 0.481 e. The molecule has 1 aliphatic heterocycles. The number of amides is 2. The van der Waals surface area contributed by atoms with Crippen molar-refractivity contribution in [3.63, 3.8) is 0 Å². The summed E-state index contributed by atoms with van der Waals surface area (Å²) in [6.45, 7) is 0.439. The SMILES string of the molecule is O=C(O)C1CCCN(C(=O)Nc2cccc(C(F)(F)F)c2)C1. The molecule has 1 aromatic rings. The quantitative estimate of drug-likeness (QED) is 0.881. The van der Waals surface area contributed by atoms with Crippen molar-refractivity contribution < 1.29 is 27.9 Å². The highest BCUT2D eigenvalue weighted by Gasteiger charge is 2.31. The Kier molecular flexibility index (Phi) is 4.58. The van der Waals surface area contributed by atoms with Gasteiger partial charge in [-0.1, -0.05) is 6.07 Å². The fourth-order valence-corrected chi connectivity index (χ4v) is 2.34. The molecule has 1 fully saturated rings. The van der Waals surface area contributed by atoms with E-state index in [9.17, 15) is 22.8 Å². The number of urea groups is 1. The zero-order chi connectivity index (χ0) is 16.3. The first-order valence-corrected chi connectivity index (χ1v) is 6.73. The van der Waals surface area contributed by atoms with Crippen LogP contribution in [0.5, 0.6) is 0 Å². The van der Waals surface area contributed by atoms with Crippen LogP contribution in [0, 0.1) is 5.92 Å². The molecule has 2 N–H and O–H groups in total. The number of carboxylic acid groups (broad SMARTS) is 1. The number of aliphatic carboxylic acids is 1. The molecule has 22 heavy (non-hydrogen) atoms. The summed E-state index contributed by atoms with van der Waals surface area (Å²) >= 11 is 0. The number of carbonyl (C=O) groups excluding carboxylic acids is 1. The second-order valence-electron chi connectivity index (χ2n) is 5.13. The molecule has 2 rings (SSSR count). The first-order valence-electron chi connectivity index (χ1n) is 6.73. The van der Waals surface area contributed by atoms with E-state index >= 15 is 0 Å². The highest BCUT2D eigenvalue weighted by molar-refractivity contribution is 5.89. The van der Waals surface area contributed by atoms with Crippen molar-refractivity contribution in [1.82, 2.24) is 4.90 Å². The second kappa shape index (κ2) is 6.25. The Balaban J connectivity index is 2.04. The molecule has 120 valence electrons. The van der Waals surface area contributed by atoms with Crippen molar-refractivity contribution in [2.45, 2.75) is 19.0 Å². The molecule has 1 aromatic carbocycles. The van der Waals surface area contributed by atoms with Crippen LogP contribution in [0.3, 0.4) is 0 Å². The molecule has 1 unspecified atom stereocenters. The maximum absolute atomic E-state index is 12.6. The van der Waals surface area contributed by atoms with Crippen LogP contribution in [0.4, 0.5) is 23.7 Å². The van der Waals surface area contributed by atoms with E-state index in [0.717, 1.165) is 12.1 Å². The summed E-state index contributed by atoms with van der Waals surface area (Å²) in [5.41, 5.74) is -0.829. The molecule has 0 aromatic heterocycles. The Bertz CT molecular complexity index is 575. The lowest BCUT2D eigenvalue weighted by Crippen LogP contribution is -2.44. The number of carbonyl (C=O) groups is 2. The summed E-state index contributed by atoms with van der Waals surface area (Å²) in [7, 11) is 0. The van der Waals surface area contributed by atoms with Crippen molar-refractivity contribution in [3.8, 4) is 0 Å². The summed E-state index contributed by atoms with van der Waals surface area (Å²) in [6.07, 6.45) is -3.45. The average Bonchev–Trinajstić information content (AvgIpc) is 2.46. The number of hydrogen-bond acceptors (Lipinski definition) is 2. The van der Waals surface area contributed by atoms with Gasteiger partial charge in [0, 0.05) is 18.8 Å². The maximum Gasteiger partial charge on any atom is 0.416 e. The van der Waals surface area contributed by atoms with Crippen LogP contribution < -0.4 is 5.32 Å². The minimum absolute atomic E-state index is 0.0253. The predicted molar refractivity (Wildman–Crippen MR) is 72.4 cm³/mol. The van der Waals surface area contributed by atoms with Crippen LogP contribution in [0.1, 0.15) is 18.4 Å². The second-order valence-corrected chi connectivity index (χ2v) is 5.13. The maximum atomic E-state index is 12.6. The van der Waals surface area contributed by atoms with Crippen molar-refractivity contribution in [2.24, 2.45) is 5.92 Å². The van der Waals surface area contributed by atoms with Crippen molar-refractivity contribution in [3.05, 3.63) is 29.8 Å². The summed E-state index contributed by atoms with van der Waals surface area (Å²) in [5, 5.41) is 11.3. The Labute approximate surface area is 124 Å². The number of nitrogens with one attached hydrogen (secondary N) is 1. The molecule has 0 bridgehead atoms. The summed E-state index contributed by atoms with van der Waals surface area (Å²) in [4.78, 5) is 24.3. The molecular weight excluding hydrogens is 301 g/mol. The smallest absolute Gasteiger partial charge is 0.416 e. The lowest BCUT2D eigenvalue weighted by atomic mass is 9.99. The lowest BCUT2D eigenvalue weighted by molar-refractivity contribution is -0.143. The lowest BCUT2D eigenvalue weighted by Gasteiger charge is -2.30. The zero-order valence-corrected chi connectivity index (χ0v) is 11.6. The molecule has 0 saturated carbocycles. The highest BCUT2D eigenvalue weighted by atomic mass is 19.4.